The Labute approximate surface area is 141 Å². The van der Waals surface area contributed by atoms with Crippen LogP contribution in [0.1, 0.15) is 26.3 Å². The van der Waals surface area contributed by atoms with Gasteiger partial charge in [-0.25, -0.2) is 3.96 Å². The van der Waals surface area contributed by atoms with E-state index in [1.54, 1.807) is 18.6 Å². The minimum Gasteiger partial charge on any atom is -0.260 e. The average Bonchev–Trinajstić information content (AvgIpc) is 2.99. The maximum atomic E-state index is 4.68. The first-order valence-corrected chi connectivity index (χ1v) is 8.46. The van der Waals surface area contributed by atoms with Crippen molar-refractivity contribution < 1.29 is 0 Å². The lowest BCUT2D eigenvalue weighted by Crippen LogP contribution is -2.10. The van der Waals surface area contributed by atoms with Crippen LogP contribution in [0, 0.1) is 0 Å². The molecule has 4 heteroatoms. The molecule has 1 aromatic heterocycles. The van der Waals surface area contributed by atoms with E-state index in [0.717, 1.165) is 21.9 Å². The lowest BCUT2D eigenvalue weighted by Gasteiger charge is -2.19. The summed E-state index contributed by atoms with van der Waals surface area (Å²) >= 11 is 1.56. The molecule has 0 unspecified atom stereocenters. The molecule has 0 saturated carbocycles. The second kappa shape index (κ2) is 6.13. The van der Waals surface area contributed by atoms with E-state index in [1.807, 2.05) is 18.2 Å². The minimum absolute atomic E-state index is 0.153. The third-order valence-electron chi connectivity index (χ3n) is 3.76. The van der Waals surface area contributed by atoms with Gasteiger partial charge >= 0.3 is 0 Å². The highest BCUT2D eigenvalue weighted by Crippen LogP contribution is 2.27. The molecule has 0 N–H and O–H groups in total. The van der Waals surface area contributed by atoms with Gasteiger partial charge in [0.2, 0.25) is 4.80 Å². The Morgan fingerprint density at radius 1 is 0.957 bits per heavy atom. The molecule has 3 rings (SSSR count). The molecular weight excluding hydrogens is 302 g/mol. The van der Waals surface area contributed by atoms with Crippen LogP contribution in [0.5, 0.6) is 0 Å². The SMILES string of the molecule is CN=c1nc(-c2ccc(C(C)(C)C)cc2)n(-c2ccccc2)s1. The van der Waals surface area contributed by atoms with Gasteiger partial charge < -0.3 is 0 Å². The van der Waals surface area contributed by atoms with E-state index in [2.05, 4.69) is 71.1 Å². The smallest absolute Gasteiger partial charge is 0.222 e. The normalized spacial score (nSPS) is 12.6. The van der Waals surface area contributed by atoms with Gasteiger partial charge in [0.15, 0.2) is 5.82 Å². The molecule has 0 spiro atoms. The molecule has 0 amide bonds. The lowest BCUT2D eigenvalue weighted by atomic mass is 9.87. The largest absolute Gasteiger partial charge is 0.260 e. The zero-order chi connectivity index (χ0) is 16.4. The van der Waals surface area contributed by atoms with E-state index < -0.39 is 0 Å². The van der Waals surface area contributed by atoms with Crippen LogP contribution in [0.25, 0.3) is 17.1 Å². The Balaban J connectivity index is 2.11. The zero-order valence-electron chi connectivity index (χ0n) is 13.9. The number of hydrogen-bond donors (Lipinski definition) is 0. The monoisotopic (exact) mass is 323 g/mol. The summed E-state index contributed by atoms with van der Waals surface area (Å²) in [6, 6.07) is 18.9. The van der Waals surface area contributed by atoms with Crippen molar-refractivity contribution in [2.45, 2.75) is 26.2 Å². The van der Waals surface area contributed by atoms with Gasteiger partial charge in [0, 0.05) is 12.6 Å². The molecule has 23 heavy (non-hydrogen) atoms. The van der Waals surface area contributed by atoms with Crippen LogP contribution in [0.15, 0.2) is 59.6 Å². The summed E-state index contributed by atoms with van der Waals surface area (Å²) in [6.07, 6.45) is 0. The number of aromatic nitrogens is 2. The summed E-state index contributed by atoms with van der Waals surface area (Å²) < 4.78 is 2.13. The van der Waals surface area contributed by atoms with Crippen LogP contribution in [-0.2, 0) is 5.41 Å². The van der Waals surface area contributed by atoms with E-state index in [-0.39, 0.29) is 5.41 Å². The maximum Gasteiger partial charge on any atom is 0.222 e. The number of benzene rings is 2. The lowest BCUT2D eigenvalue weighted by molar-refractivity contribution is 0.590. The van der Waals surface area contributed by atoms with Gasteiger partial charge in [-0.2, -0.15) is 4.98 Å². The highest BCUT2D eigenvalue weighted by molar-refractivity contribution is 7.04. The molecular formula is C19H21N3S. The summed E-state index contributed by atoms with van der Waals surface area (Å²) in [5, 5.41) is 0. The molecule has 3 aromatic rings. The van der Waals surface area contributed by atoms with Crippen molar-refractivity contribution in [3.63, 3.8) is 0 Å². The molecule has 0 radical (unpaired) electrons. The molecule has 0 atom stereocenters. The summed E-state index contributed by atoms with van der Waals surface area (Å²) in [5.74, 6) is 0.933. The quantitative estimate of drug-likeness (QED) is 0.686. The Morgan fingerprint density at radius 3 is 2.17 bits per heavy atom. The van der Waals surface area contributed by atoms with Crippen LogP contribution in [0.4, 0.5) is 0 Å². The predicted molar refractivity (Wildman–Crippen MR) is 97.1 cm³/mol. The number of rotatable bonds is 2. The zero-order valence-corrected chi connectivity index (χ0v) is 14.8. The van der Waals surface area contributed by atoms with Gasteiger partial charge in [-0.1, -0.05) is 63.2 Å². The van der Waals surface area contributed by atoms with Crippen LogP contribution in [0.3, 0.4) is 0 Å². The predicted octanol–water partition coefficient (Wildman–Crippen LogP) is 4.43. The Hall–Kier alpha value is -2.20. The van der Waals surface area contributed by atoms with Crippen LogP contribution >= 0.6 is 11.5 Å². The second-order valence-corrected chi connectivity index (χ2v) is 7.40. The fourth-order valence-electron chi connectivity index (χ4n) is 2.41. The Morgan fingerprint density at radius 2 is 1.61 bits per heavy atom. The summed E-state index contributed by atoms with van der Waals surface area (Å²) in [6.45, 7) is 6.68. The standard InChI is InChI=1S/C19H21N3S/c1-19(2,3)15-12-10-14(11-13-15)17-21-18(20-4)23-22(17)16-8-6-5-7-9-16/h5-13H,1-4H3. The Kier molecular flexibility index (Phi) is 4.18. The molecule has 0 fully saturated rings. The van der Waals surface area contributed by atoms with Crippen molar-refractivity contribution in [3.05, 3.63) is 65.0 Å². The molecule has 0 bridgehead atoms. The first kappa shape index (κ1) is 15.7. The number of nitrogens with zero attached hydrogens (tertiary/aromatic N) is 3. The van der Waals surface area contributed by atoms with E-state index in [9.17, 15) is 0 Å². The van der Waals surface area contributed by atoms with Crippen molar-refractivity contribution in [1.29, 1.82) is 0 Å². The van der Waals surface area contributed by atoms with E-state index >= 15 is 0 Å². The minimum atomic E-state index is 0.153. The fourth-order valence-corrected chi connectivity index (χ4v) is 3.24. The van der Waals surface area contributed by atoms with Crippen molar-refractivity contribution >= 4 is 11.5 Å². The van der Waals surface area contributed by atoms with Gasteiger partial charge in [0.25, 0.3) is 0 Å². The van der Waals surface area contributed by atoms with E-state index in [0.29, 0.717) is 0 Å². The third kappa shape index (κ3) is 3.27. The summed E-state index contributed by atoms with van der Waals surface area (Å²) in [7, 11) is 1.78. The molecule has 0 saturated heterocycles. The van der Waals surface area contributed by atoms with Crippen LogP contribution in [-0.4, -0.2) is 16.0 Å². The first-order chi connectivity index (χ1) is 11.0. The van der Waals surface area contributed by atoms with Gasteiger partial charge in [-0.15, -0.1) is 0 Å². The molecule has 1 heterocycles. The van der Waals surface area contributed by atoms with Crippen molar-refractivity contribution in [1.82, 2.24) is 8.94 Å². The van der Waals surface area contributed by atoms with Gasteiger partial charge in [-0.3, -0.25) is 4.99 Å². The summed E-state index contributed by atoms with van der Waals surface area (Å²) in [4.78, 5) is 9.71. The Bertz CT molecular complexity index is 850. The van der Waals surface area contributed by atoms with Gasteiger partial charge in [-0.05, 0) is 34.6 Å². The van der Waals surface area contributed by atoms with Crippen molar-refractivity contribution in [2.75, 3.05) is 7.05 Å². The molecule has 0 aliphatic carbocycles. The van der Waals surface area contributed by atoms with Crippen LogP contribution in [0.2, 0.25) is 0 Å². The van der Waals surface area contributed by atoms with Crippen LogP contribution < -0.4 is 4.80 Å². The molecule has 0 aliphatic heterocycles. The second-order valence-electron chi connectivity index (χ2n) is 6.49. The average molecular weight is 323 g/mol. The van der Waals surface area contributed by atoms with Crippen molar-refractivity contribution in [2.24, 2.45) is 4.99 Å². The molecule has 2 aromatic carbocycles. The maximum absolute atomic E-state index is 4.68. The summed E-state index contributed by atoms with van der Waals surface area (Å²) in [5.41, 5.74) is 3.69. The number of hydrogen-bond acceptors (Lipinski definition) is 3. The first-order valence-electron chi connectivity index (χ1n) is 7.68. The molecule has 3 nitrogen and oxygen atoms in total. The highest BCUT2D eigenvalue weighted by atomic mass is 32.1. The molecule has 0 aliphatic rings. The molecule has 118 valence electrons. The van der Waals surface area contributed by atoms with E-state index in [1.165, 1.54) is 5.56 Å². The van der Waals surface area contributed by atoms with Gasteiger partial charge in [0.05, 0.1) is 5.69 Å². The highest BCUT2D eigenvalue weighted by Gasteiger charge is 2.15. The third-order valence-corrected chi connectivity index (χ3v) is 4.76. The topological polar surface area (TPSA) is 30.2 Å². The van der Waals surface area contributed by atoms with E-state index in [4.69, 9.17) is 0 Å². The van der Waals surface area contributed by atoms with Gasteiger partial charge in [0.1, 0.15) is 0 Å². The fraction of sp³-hybridized carbons (Fsp3) is 0.263. The number of para-hydroxylation sites is 1. The van der Waals surface area contributed by atoms with Crippen molar-refractivity contribution in [3.8, 4) is 17.1 Å².